The normalized spacial score (nSPS) is 14.6. The van der Waals surface area contributed by atoms with Gasteiger partial charge in [-0.2, -0.15) is 12.6 Å². The number of amides is 3. The summed E-state index contributed by atoms with van der Waals surface area (Å²) in [5.74, 6) is -3.36. The predicted molar refractivity (Wildman–Crippen MR) is 76.7 cm³/mol. The van der Waals surface area contributed by atoms with Crippen molar-refractivity contribution in [3.8, 4) is 0 Å². The predicted octanol–water partition coefficient (Wildman–Crippen LogP) is -4.37. The highest BCUT2D eigenvalue weighted by atomic mass is 32.1. The van der Waals surface area contributed by atoms with Crippen LogP contribution in [0.25, 0.3) is 0 Å². The van der Waals surface area contributed by atoms with Gasteiger partial charge in [0, 0.05) is 0 Å². The number of carbonyl (C=O) groups excluding carboxylic acids is 4. The van der Waals surface area contributed by atoms with Crippen LogP contribution >= 0.6 is 12.6 Å². The third kappa shape index (κ3) is 5.35. The van der Waals surface area contributed by atoms with Crippen molar-refractivity contribution in [1.29, 1.82) is 0 Å². The first-order chi connectivity index (χ1) is 10.4. The van der Waals surface area contributed by atoms with Crippen LogP contribution in [0.5, 0.6) is 0 Å². The average molecular weight is 337 g/mol. The molecular formula is C11H19N3O7S. The lowest BCUT2D eigenvalue weighted by atomic mass is 10.2. The van der Waals surface area contributed by atoms with Gasteiger partial charge in [0.25, 0.3) is 5.91 Å². The molecule has 0 unspecified atom stereocenters. The maximum Gasteiger partial charge on any atom is 0.254 e. The van der Waals surface area contributed by atoms with Gasteiger partial charge in [0.15, 0.2) is 0 Å². The number of nitrogens with one attached hydrogen (secondary N) is 1. The van der Waals surface area contributed by atoms with E-state index in [0.29, 0.717) is 4.90 Å². The minimum absolute atomic E-state index is 0.176. The maximum atomic E-state index is 12.2. The molecule has 0 aliphatic heterocycles. The highest BCUT2D eigenvalue weighted by Gasteiger charge is 2.34. The molecule has 3 atom stereocenters. The number of aldehydes is 1. The Morgan fingerprint density at radius 1 is 1.18 bits per heavy atom. The maximum absolute atomic E-state index is 12.2. The quantitative estimate of drug-likeness (QED) is 0.181. The van der Waals surface area contributed by atoms with Crippen molar-refractivity contribution in [3.05, 3.63) is 0 Å². The monoisotopic (exact) mass is 337 g/mol. The lowest BCUT2D eigenvalue weighted by Crippen LogP contribution is -2.59. The van der Waals surface area contributed by atoms with Gasteiger partial charge in [0.1, 0.15) is 24.4 Å². The topological polar surface area (TPSA) is 170 Å². The van der Waals surface area contributed by atoms with Gasteiger partial charge >= 0.3 is 0 Å². The second kappa shape index (κ2) is 10.2. The van der Waals surface area contributed by atoms with Crippen LogP contribution in [0.15, 0.2) is 0 Å². The summed E-state index contributed by atoms with van der Waals surface area (Å²) in [5.41, 5.74) is 5.25. The van der Waals surface area contributed by atoms with Crippen LogP contribution in [0.1, 0.15) is 0 Å². The van der Waals surface area contributed by atoms with E-state index in [1.807, 2.05) is 5.32 Å². The highest BCUT2D eigenvalue weighted by Crippen LogP contribution is 2.04. The van der Waals surface area contributed by atoms with Crippen molar-refractivity contribution >= 4 is 36.6 Å². The lowest BCUT2D eigenvalue weighted by molar-refractivity contribution is -0.152. The van der Waals surface area contributed by atoms with Crippen molar-refractivity contribution in [2.24, 2.45) is 5.73 Å². The summed E-state index contributed by atoms with van der Waals surface area (Å²) in [6.07, 6.45) is 0.176. The van der Waals surface area contributed by atoms with Crippen LogP contribution in [0, 0.1) is 0 Å². The van der Waals surface area contributed by atoms with Crippen molar-refractivity contribution in [2.75, 3.05) is 25.6 Å². The minimum Gasteiger partial charge on any atom is -0.394 e. The van der Waals surface area contributed by atoms with Crippen LogP contribution in [-0.4, -0.2) is 87.9 Å². The number of aliphatic hydroxyl groups excluding tert-OH is 3. The lowest BCUT2D eigenvalue weighted by Gasteiger charge is -2.28. The molecule has 0 radical (unpaired) electrons. The zero-order valence-corrected chi connectivity index (χ0v) is 12.5. The standard InChI is InChI=1S/C11H19N3O7S/c12-7(3-17)10(20)13-8(4-18)11(21)14(9(19)5-22)6(1-15)2-16/h1,6-8,16-18,22H,2-5,12H2,(H,13,20)/t6-,7+,8+/m1/s1. The molecule has 0 aromatic carbocycles. The summed E-state index contributed by atoms with van der Waals surface area (Å²) in [6, 6.07) is -4.36. The molecule has 0 aliphatic carbocycles. The number of nitrogens with two attached hydrogens (primary N) is 1. The van der Waals surface area contributed by atoms with E-state index in [0.717, 1.165) is 0 Å². The molecule has 0 aliphatic rings. The largest absolute Gasteiger partial charge is 0.394 e. The van der Waals surface area contributed by atoms with Crippen LogP contribution < -0.4 is 11.1 Å². The molecule has 126 valence electrons. The first-order valence-corrected chi connectivity index (χ1v) is 6.81. The van der Waals surface area contributed by atoms with E-state index in [4.69, 9.17) is 15.9 Å². The van der Waals surface area contributed by atoms with Gasteiger partial charge in [-0.05, 0) is 0 Å². The molecule has 0 bridgehead atoms. The van der Waals surface area contributed by atoms with E-state index < -0.39 is 61.4 Å². The van der Waals surface area contributed by atoms with Gasteiger partial charge in [-0.3, -0.25) is 19.3 Å². The summed E-state index contributed by atoms with van der Waals surface area (Å²) in [5, 5.41) is 29.0. The molecule has 22 heavy (non-hydrogen) atoms. The highest BCUT2D eigenvalue weighted by molar-refractivity contribution is 7.81. The molecule has 0 aromatic rings. The van der Waals surface area contributed by atoms with Crippen molar-refractivity contribution in [1.82, 2.24) is 10.2 Å². The summed E-state index contributed by atoms with van der Waals surface area (Å²) < 4.78 is 0. The van der Waals surface area contributed by atoms with Crippen LogP contribution in [0.2, 0.25) is 0 Å². The third-order valence-electron chi connectivity index (χ3n) is 2.65. The second-order valence-electron chi connectivity index (χ2n) is 4.18. The third-order valence-corrected chi connectivity index (χ3v) is 2.92. The van der Waals surface area contributed by atoms with Gasteiger partial charge < -0.3 is 31.2 Å². The molecule has 0 aromatic heterocycles. The Labute approximate surface area is 131 Å². The SMILES string of the molecule is N[C@@H](CO)C(=O)N[C@@H](CO)C(=O)N(C(=O)CS)[C@H](C=O)CO. The molecule has 0 saturated heterocycles. The van der Waals surface area contributed by atoms with Gasteiger partial charge in [0.05, 0.1) is 25.6 Å². The average Bonchev–Trinajstić information content (AvgIpc) is 2.54. The van der Waals surface area contributed by atoms with E-state index in [9.17, 15) is 24.3 Å². The Morgan fingerprint density at radius 3 is 2.14 bits per heavy atom. The summed E-state index contributed by atoms with van der Waals surface area (Å²) in [7, 11) is 0. The van der Waals surface area contributed by atoms with E-state index in [2.05, 4.69) is 12.6 Å². The summed E-state index contributed by atoms with van der Waals surface area (Å²) >= 11 is 3.69. The molecule has 0 rings (SSSR count). The number of rotatable bonds is 9. The van der Waals surface area contributed by atoms with Gasteiger partial charge in [-0.1, -0.05) is 0 Å². The Bertz CT molecular complexity index is 420. The van der Waals surface area contributed by atoms with E-state index in [1.165, 1.54) is 0 Å². The molecule has 0 saturated carbocycles. The van der Waals surface area contributed by atoms with Crippen molar-refractivity contribution in [3.63, 3.8) is 0 Å². The fourth-order valence-electron chi connectivity index (χ4n) is 1.45. The van der Waals surface area contributed by atoms with Gasteiger partial charge in [-0.15, -0.1) is 0 Å². The van der Waals surface area contributed by atoms with E-state index in [-0.39, 0.29) is 6.29 Å². The zero-order valence-electron chi connectivity index (χ0n) is 11.6. The number of nitrogens with zero attached hydrogens (tertiary/aromatic N) is 1. The van der Waals surface area contributed by atoms with E-state index >= 15 is 0 Å². The molecule has 0 heterocycles. The number of hydrogen-bond acceptors (Lipinski definition) is 9. The molecule has 6 N–H and O–H groups in total. The van der Waals surface area contributed by atoms with Crippen LogP contribution in [0.3, 0.4) is 0 Å². The van der Waals surface area contributed by atoms with Crippen molar-refractivity contribution in [2.45, 2.75) is 18.1 Å². The fraction of sp³-hybridized carbons (Fsp3) is 0.636. The molecule has 0 fully saturated rings. The Kier molecular flexibility index (Phi) is 9.53. The number of thiol groups is 1. The number of aliphatic hydroxyl groups is 3. The molecule has 11 heteroatoms. The van der Waals surface area contributed by atoms with Crippen LogP contribution in [0.4, 0.5) is 0 Å². The van der Waals surface area contributed by atoms with Crippen molar-refractivity contribution < 1.29 is 34.5 Å². The number of carbonyl (C=O) groups is 4. The first kappa shape index (κ1) is 20.5. The first-order valence-electron chi connectivity index (χ1n) is 6.18. The fourth-order valence-corrected chi connectivity index (χ4v) is 1.60. The van der Waals surface area contributed by atoms with Crippen LogP contribution in [-0.2, 0) is 19.2 Å². The molecular weight excluding hydrogens is 318 g/mol. The Balaban J connectivity index is 5.27. The second-order valence-corrected chi connectivity index (χ2v) is 4.50. The Hall–Kier alpha value is -1.53. The van der Waals surface area contributed by atoms with Gasteiger partial charge in [-0.25, -0.2) is 0 Å². The molecule has 0 spiro atoms. The number of hydrogen-bond donors (Lipinski definition) is 6. The number of imide groups is 1. The van der Waals surface area contributed by atoms with Gasteiger partial charge in [0.2, 0.25) is 11.8 Å². The minimum atomic E-state index is -1.57. The summed E-state index contributed by atoms with van der Waals surface area (Å²) in [4.78, 5) is 46.7. The van der Waals surface area contributed by atoms with E-state index in [1.54, 1.807) is 0 Å². The smallest absolute Gasteiger partial charge is 0.254 e. The summed E-state index contributed by atoms with van der Waals surface area (Å²) in [6.45, 7) is -2.39. The molecule has 3 amide bonds. The Morgan fingerprint density at radius 2 is 1.77 bits per heavy atom. The molecule has 10 nitrogen and oxygen atoms in total. The zero-order chi connectivity index (χ0) is 17.3.